The van der Waals surface area contributed by atoms with Crippen molar-refractivity contribution in [1.29, 1.82) is 0 Å². The van der Waals surface area contributed by atoms with Gasteiger partial charge in [0, 0.05) is 12.6 Å². The summed E-state index contributed by atoms with van der Waals surface area (Å²) in [6.45, 7) is 2.85. The van der Waals surface area contributed by atoms with Crippen LogP contribution in [-0.4, -0.2) is 16.5 Å². The standard InChI is InChI=1S/C14H21F3N4/c1-9-3-2-4-10(7-9)5-6-19-12-8-11(14(15,16)17)20-13(18)21-12/h8-10H,2-7H2,1H3,(H3,18,19,20,21). The molecule has 21 heavy (non-hydrogen) atoms. The molecule has 0 spiro atoms. The van der Waals surface area contributed by atoms with Crippen LogP contribution in [0.25, 0.3) is 0 Å². The van der Waals surface area contributed by atoms with Crippen LogP contribution in [0.5, 0.6) is 0 Å². The van der Waals surface area contributed by atoms with Crippen molar-refractivity contribution in [1.82, 2.24) is 9.97 Å². The Kier molecular flexibility index (Phi) is 4.90. The van der Waals surface area contributed by atoms with Gasteiger partial charge in [-0.3, -0.25) is 0 Å². The maximum atomic E-state index is 12.6. The van der Waals surface area contributed by atoms with E-state index < -0.39 is 11.9 Å². The van der Waals surface area contributed by atoms with Crippen molar-refractivity contribution in [2.75, 3.05) is 17.6 Å². The molecule has 0 amide bonds. The zero-order valence-electron chi connectivity index (χ0n) is 12.1. The molecule has 118 valence electrons. The highest BCUT2D eigenvalue weighted by Crippen LogP contribution is 2.31. The molecule has 2 atom stereocenters. The molecule has 0 radical (unpaired) electrons. The van der Waals surface area contributed by atoms with Gasteiger partial charge in [0.05, 0.1) is 0 Å². The molecule has 1 aliphatic carbocycles. The van der Waals surface area contributed by atoms with Gasteiger partial charge in [0.25, 0.3) is 0 Å². The second-order valence-corrected chi connectivity index (χ2v) is 5.85. The molecule has 4 nitrogen and oxygen atoms in total. The van der Waals surface area contributed by atoms with Crippen LogP contribution < -0.4 is 11.1 Å². The first-order chi connectivity index (χ1) is 9.84. The summed E-state index contributed by atoms with van der Waals surface area (Å²) >= 11 is 0. The number of rotatable bonds is 4. The van der Waals surface area contributed by atoms with Gasteiger partial charge in [0.1, 0.15) is 5.82 Å². The second kappa shape index (κ2) is 6.49. The molecule has 1 heterocycles. The molecular weight excluding hydrogens is 281 g/mol. The van der Waals surface area contributed by atoms with E-state index >= 15 is 0 Å². The molecule has 0 aromatic carbocycles. The first kappa shape index (κ1) is 15.9. The molecule has 7 heteroatoms. The molecule has 1 aliphatic rings. The summed E-state index contributed by atoms with van der Waals surface area (Å²) in [5, 5.41) is 2.93. The van der Waals surface area contributed by atoms with Crippen LogP contribution in [0.3, 0.4) is 0 Å². The van der Waals surface area contributed by atoms with Crippen molar-refractivity contribution in [3.63, 3.8) is 0 Å². The number of hydrogen-bond donors (Lipinski definition) is 2. The number of alkyl halides is 3. The molecule has 0 aliphatic heterocycles. The van der Waals surface area contributed by atoms with Gasteiger partial charge < -0.3 is 11.1 Å². The van der Waals surface area contributed by atoms with E-state index in [9.17, 15) is 13.2 Å². The molecule has 2 rings (SSSR count). The lowest BCUT2D eigenvalue weighted by molar-refractivity contribution is -0.141. The van der Waals surface area contributed by atoms with Crippen molar-refractivity contribution in [2.24, 2.45) is 11.8 Å². The normalized spacial score (nSPS) is 23.0. The molecule has 1 aromatic heterocycles. The number of nitrogens with one attached hydrogen (secondary N) is 1. The van der Waals surface area contributed by atoms with Crippen LogP contribution in [0.2, 0.25) is 0 Å². The smallest absolute Gasteiger partial charge is 0.370 e. The van der Waals surface area contributed by atoms with E-state index in [1.807, 2.05) is 0 Å². The summed E-state index contributed by atoms with van der Waals surface area (Å²) in [4.78, 5) is 7.02. The van der Waals surface area contributed by atoms with Crippen LogP contribution in [0.4, 0.5) is 24.9 Å². The lowest BCUT2D eigenvalue weighted by atomic mass is 9.81. The molecule has 1 aromatic rings. The number of nitrogens with two attached hydrogens (primary N) is 1. The van der Waals surface area contributed by atoms with Gasteiger partial charge in [-0.2, -0.15) is 18.2 Å². The third-order valence-electron chi connectivity index (χ3n) is 3.94. The lowest BCUT2D eigenvalue weighted by Crippen LogP contribution is -2.18. The number of hydrogen-bond acceptors (Lipinski definition) is 4. The van der Waals surface area contributed by atoms with E-state index in [0.717, 1.165) is 18.4 Å². The number of nitrogen functional groups attached to an aromatic ring is 1. The predicted molar refractivity (Wildman–Crippen MR) is 75.7 cm³/mol. The Morgan fingerprint density at radius 3 is 2.76 bits per heavy atom. The maximum Gasteiger partial charge on any atom is 0.433 e. The fraction of sp³-hybridized carbons (Fsp3) is 0.714. The van der Waals surface area contributed by atoms with Gasteiger partial charge >= 0.3 is 6.18 Å². The summed E-state index contributed by atoms with van der Waals surface area (Å²) < 4.78 is 37.9. The minimum Gasteiger partial charge on any atom is -0.370 e. The Hall–Kier alpha value is -1.53. The Bertz CT molecular complexity index is 476. The van der Waals surface area contributed by atoms with E-state index in [2.05, 4.69) is 22.2 Å². The summed E-state index contributed by atoms with van der Waals surface area (Å²) in [6.07, 6.45) is 1.35. The van der Waals surface area contributed by atoms with Gasteiger partial charge in [-0.25, -0.2) is 4.98 Å². The largest absolute Gasteiger partial charge is 0.433 e. The van der Waals surface area contributed by atoms with E-state index in [1.54, 1.807) is 0 Å². The van der Waals surface area contributed by atoms with Gasteiger partial charge in [-0.05, 0) is 24.7 Å². The number of halogens is 3. The minimum absolute atomic E-state index is 0.138. The summed E-state index contributed by atoms with van der Waals surface area (Å²) in [5.74, 6) is 1.16. The van der Waals surface area contributed by atoms with Gasteiger partial charge in [0.2, 0.25) is 5.95 Å². The van der Waals surface area contributed by atoms with Crippen LogP contribution in [0.15, 0.2) is 6.07 Å². The van der Waals surface area contributed by atoms with Crippen LogP contribution >= 0.6 is 0 Å². The zero-order chi connectivity index (χ0) is 15.5. The Labute approximate surface area is 122 Å². The monoisotopic (exact) mass is 302 g/mol. The zero-order valence-corrected chi connectivity index (χ0v) is 12.1. The summed E-state index contributed by atoms with van der Waals surface area (Å²) in [5.41, 5.74) is 4.32. The van der Waals surface area contributed by atoms with Crippen molar-refractivity contribution >= 4 is 11.8 Å². The maximum absolute atomic E-state index is 12.6. The molecule has 1 saturated carbocycles. The van der Waals surface area contributed by atoms with E-state index in [-0.39, 0.29) is 11.8 Å². The van der Waals surface area contributed by atoms with E-state index in [4.69, 9.17) is 5.73 Å². The molecule has 1 fully saturated rings. The van der Waals surface area contributed by atoms with Crippen LogP contribution in [0.1, 0.15) is 44.7 Å². The number of nitrogens with zero attached hydrogens (tertiary/aromatic N) is 2. The van der Waals surface area contributed by atoms with Gasteiger partial charge in [0.15, 0.2) is 5.69 Å². The van der Waals surface area contributed by atoms with Gasteiger partial charge in [-0.1, -0.05) is 26.2 Å². The predicted octanol–water partition coefficient (Wildman–Crippen LogP) is 3.71. The number of anilines is 2. The summed E-state index contributed by atoms with van der Waals surface area (Å²) in [6, 6.07) is 0.903. The first-order valence-corrected chi connectivity index (χ1v) is 7.30. The van der Waals surface area contributed by atoms with Crippen molar-refractivity contribution in [3.8, 4) is 0 Å². The van der Waals surface area contributed by atoms with Crippen LogP contribution in [-0.2, 0) is 6.18 Å². The highest BCUT2D eigenvalue weighted by Gasteiger charge is 2.33. The van der Waals surface area contributed by atoms with Crippen molar-refractivity contribution in [3.05, 3.63) is 11.8 Å². The topological polar surface area (TPSA) is 63.8 Å². The fourth-order valence-electron chi connectivity index (χ4n) is 2.93. The molecule has 0 saturated heterocycles. The Morgan fingerprint density at radius 1 is 1.33 bits per heavy atom. The second-order valence-electron chi connectivity index (χ2n) is 5.85. The highest BCUT2D eigenvalue weighted by atomic mass is 19.4. The third-order valence-corrected chi connectivity index (χ3v) is 3.94. The minimum atomic E-state index is -4.51. The number of aromatic nitrogens is 2. The average Bonchev–Trinajstić information content (AvgIpc) is 2.37. The Balaban J connectivity index is 1.89. The molecule has 3 N–H and O–H groups in total. The van der Waals surface area contributed by atoms with Crippen molar-refractivity contribution < 1.29 is 13.2 Å². The fourth-order valence-corrected chi connectivity index (χ4v) is 2.93. The molecule has 2 unspecified atom stereocenters. The third kappa shape index (κ3) is 4.75. The van der Waals surface area contributed by atoms with E-state index in [1.165, 1.54) is 25.7 Å². The highest BCUT2D eigenvalue weighted by molar-refractivity contribution is 5.41. The lowest BCUT2D eigenvalue weighted by Gasteiger charge is -2.26. The van der Waals surface area contributed by atoms with Crippen molar-refractivity contribution in [2.45, 2.75) is 45.2 Å². The quantitative estimate of drug-likeness (QED) is 0.890. The SMILES string of the molecule is CC1CCCC(CCNc2cc(C(F)(F)F)nc(N)n2)C1. The first-order valence-electron chi connectivity index (χ1n) is 7.30. The van der Waals surface area contributed by atoms with E-state index in [0.29, 0.717) is 12.5 Å². The average molecular weight is 302 g/mol. The van der Waals surface area contributed by atoms with Crippen LogP contribution in [0, 0.1) is 11.8 Å². The van der Waals surface area contributed by atoms with Gasteiger partial charge in [-0.15, -0.1) is 0 Å². The summed E-state index contributed by atoms with van der Waals surface area (Å²) in [7, 11) is 0. The molecular formula is C14H21F3N4. The molecule has 0 bridgehead atoms. The Morgan fingerprint density at radius 2 is 2.10 bits per heavy atom.